The number of piperidine rings is 1. The first kappa shape index (κ1) is 10.5. The van der Waals surface area contributed by atoms with Crippen molar-refractivity contribution in [2.75, 3.05) is 13.1 Å². The monoisotopic (exact) mass is 233 g/mol. The number of fused-ring (bicyclic) bond motifs is 1. The van der Waals surface area contributed by atoms with Gasteiger partial charge in [-0.1, -0.05) is 6.42 Å². The molecular formula is C12H15N3O2. The number of pyridine rings is 1. The summed E-state index contributed by atoms with van der Waals surface area (Å²) in [4.78, 5) is 18.2. The van der Waals surface area contributed by atoms with Gasteiger partial charge in [-0.3, -0.25) is 4.90 Å². The number of likely N-dealkylation sites (tertiary alicyclic amines) is 1. The number of rotatable bonds is 2. The molecule has 0 N–H and O–H groups in total. The molecule has 0 bridgehead atoms. The first-order chi connectivity index (χ1) is 8.34. The fourth-order valence-electron chi connectivity index (χ4n) is 2.33. The van der Waals surface area contributed by atoms with Gasteiger partial charge in [-0.15, -0.1) is 0 Å². The molecule has 1 saturated heterocycles. The Morgan fingerprint density at radius 1 is 1.29 bits per heavy atom. The van der Waals surface area contributed by atoms with E-state index in [0.29, 0.717) is 17.9 Å². The van der Waals surface area contributed by atoms with Crippen LogP contribution in [0.15, 0.2) is 27.5 Å². The molecule has 5 heteroatoms. The Hall–Kier alpha value is -1.62. The Bertz CT molecular complexity index is 566. The summed E-state index contributed by atoms with van der Waals surface area (Å²) in [7, 11) is 0. The molecule has 1 aliphatic rings. The predicted molar refractivity (Wildman–Crippen MR) is 63.7 cm³/mol. The third-order valence-corrected chi connectivity index (χ3v) is 3.21. The van der Waals surface area contributed by atoms with Crippen molar-refractivity contribution in [3.63, 3.8) is 0 Å². The minimum Gasteiger partial charge on any atom is -0.406 e. The van der Waals surface area contributed by atoms with Gasteiger partial charge in [0.05, 0.1) is 6.67 Å². The number of oxazole rings is 1. The molecule has 0 aromatic carbocycles. The van der Waals surface area contributed by atoms with E-state index in [1.807, 2.05) is 0 Å². The standard InChI is InChI=1S/C12H15N3O2/c16-12-15(9-14-7-2-1-3-8-14)11-10(17-12)5-4-6-13-11/h4-6H,1-3,7-9H2. The van der Waals surface area contributed by atoms with Crippen molar-refractivity contribution in [3.05, 3.63) is 28.9 Å². The van der Waals surface area contributed by atoms with Crippen LogP contribution in [0.3, 0.4) is 0 Å². The zero-order valence-corrected chi connectivity index (χ0v) is 9.63. The summed E-state index contributed by atoms with van der Waals surface area (Å²) in [6.07, 6.45) is 5.38. The van der Waals surface area contributed by atoms with Gasteiger partial charge < -0.3 is 4.42 Å². The molecular weight excluding hydrogens is 218 g/mol. The highest BCUT2D eigenvalue weighted by molar-refractivity contribution is 5.67. The molecule has 0 radical (unpaired) electrons. The molecule has 0 saturated carbocycles. The maximum absolute atomic E-state index is 11.7. The highest BCUT2D eigenvalue weighted by Crippen LogP contribution is 2.12. The number of aromatic nitrogens is 2. The number of hydrogen-bond acceptors (Lipinski definition) is 4. The quantitative estimate of drug-likeness (QED) is 0.787. The smallest absolute Gasteiger partial charge is 0.406 e. The molecule has 1 aliphatic heterocycles. The van der Waals surface area contributed by atoms with Crippen LogP contribution in [0, 0.1) is 0 Å². The molecule has 2 aromatic heterocycles. The van der Waals surface area contributed by atoms with Crippen LogP contribution in [0.1, 0.15) is 19.3 Å². The van der Waals surface area contributed by atoms with Gasteiger partial charge in [-0.2, -0.15) is 0 Å². The van der Waals surface area contributed by atoms with Gasteiger partial charge in [0.2, 0.25) is 0 Å². The molecule has 3 rings (SSSR count). The maximum atomic E-state index is 11.7. The van der Waals surface area contributed by atoms with Crippen LogP contribution >= 0.6 is 0 Å². The third-order valence-electron chi connectivity index (χ3n) is 3.21. The zero-order valence-electron chi connectivity index (χ0n) is 9.63. The minimum atomic E-state index is -0.315. The highest BCUT2D eigenvalue weighted by atomic mass is 16.4. The van der Waals surface area contributed by atoms with Crippen molar-refractivity contribution in [2.24, 2.45) is 0 Å². The SMILES string of the molecule is O=c1oc2cccnc2n1CN1CCCCC1. The molecule has 5 nitrogen and oxygen atoms in total. The van der Waals surface area contributed by atoms with E-state index >= 15 is 0 Å². The fourth-order valence-corrected chi connectivity index (χ4v) is 2.33. The molecule has 0 aliphatic carbocycles. The van der Waals surface area contributed by atoms with E-state index < -0.39 is 0 Å². The summed E-state index contributed by atoms with van der Waals surface area (Å²) >= 11 is 0. The van der Waals surface area contributed by atoms with Crippen LogP contribution in [-0.4, -0.2) is 27.5 Å². The Balaban J connectivity index is 1.93. The van der Waals surface area contributed by atoms with Crippen LogP contribution in [0.5, 0.6) is 0 Å². The van der Waals surface area contributed by atoms with Crippen LogP contribution in [0.4, 0.5) is 0 Å². The highest BCUT2D eigenvalue weighted by Gasteiger charge is 2.15. The number of nitrogens with zero attached hydrogens (tertiary/aromatic N) is 3. The first-order valence-corrected chi connectivity index (χ1v) is 6.01. The number of hydrogen-bond donors (Lipinski definition) is 0. The largest absolute Gasteiger partial charge is 0.422 e. The molecule has 3 heterocycles. The van der Waals surface area contributed by atoms with Gasteiger partial charge in [-0.25, -0.2) is 14.3 Å². The van der Waals surface area contributed by atoms with Crippen LogP contribution in [0.25, 0.3) is 11.2 Å². The third kappa shape index (κ3) is 1.98. The van der Waals surface area contributed by atoms with Gasteiger partial charge in [0.1, 0.15) is 0 Å². The molecule has 0 amide bonds. The maximum Gasteiger partial charge on any atom is 0.422 e. The Kier molecular flexibility index (Phi) is 2.68. The van der Waals surface area contributed by atoms with Gasteiger partial charge >= 0.3 is 5.76 Å². The summed E-state index contributed by atoms with van der Waals surface area (Å²) < 4.78 is 6.77. The van der Waals surface area contributed by atoms with E-state index in [4.69, 9.17) is 4.42 Å². The Morgan fingerprint density at radius 2 is 2.12 bits per heavy atom. The van der Waals surface area contributed by atoms with E-state index in [-0.39, 0.29) is 5.76 Å². The second kappa shape index (κ2) is 4.33. The van der Waals surface area contributed by atoms with Crippen molar-refractivity contribution in [2.45, 2.75) is 25.9 Å². The van der Waals surface area contributed by atoms with Gasteiger partial charge in [0.25, 0.3) is 0 Å². The van der Waals surface area contributed by atoms with Crippen LogP contribution in [0.2, 0.25) is 0 Å². The average molecular weight is 233 g/mol. The van der Waals surface area contributed by atoms with Crippen molar-refractivity contribution in [1.29, 1.82) is 0 Å². The Labute approximate surface area is 98.7 Å². The molecule has 0 unspecified atom stereocenters. The van der Waals surface area contributed by atoms with E-state index in [9.17, 15) is 4.79 Å². The minimum absolute atomic E-state index is 0.315. The Morgan fingerprint density at radius 3 is 2.94 bits per heavy atom. The second-order valence-electron chi connectivity index (χ2n) is 4.44. The fraction of sp³-hybridized carbons (Fsp3) is 0.500. The zero-order chi connectivity index (χ0) is 11.7. The van der Waals surface area contributed by atoms with E-state index in [0.717, 1.165) is 13.1 Å². The molecule has 0 spiro atoms. The van der Waals surface area contributed by atoms with Gasteiger partial charge in [-0.05, 0) is 38.1 Å². The van der Waals surface area contributed by atoms with Crippen LogP contribution in [-0.2, 0) is 6.67 Å². The van der Waals surface area contributed by atoms with E-state index in [1.54, 1.807) is 22.9 Å². The lowest BCUT2D eigenvalue weighted by Crippen LogP contribution is -2.34. The summed E-state index contributed by atoms with van der Waals surface area (Å²) in [5.41, 5.74) is 1.21. The van der Waals surface area contributed by atoms with Crippen molar-refractivity contribution in [1.82, 2.24) is 14.5 Å². The predicted octanol–water partition coefficient (Wildman–Crippen LogP) is 1.43. The summed E-state index contributed by atoms with van der Waals surface area (Å²) in [6.45, 7) is 2.68. The van der Waals surface area contributed by atoms with Crippen molar-refractivity contribution >= 4 is 11.2 Å². The summed E-state index contributed by atoms with van der Waals surface area (Å²) in [6, 6.07) is 3.55. The van der Waals surface area contributed by atoms with Crippen LogP contribution < -0.4 is 5.76 Å². The lowest BCUT2D eigenvalue weighted by molar-refractivity contribution is 0.179. The van der Waals surface area contributed by atoms with Gasteiger partial charge in [0, 0.05) is 6.20 Å². The van der Waals surface area contributed by atoms with E-state index in [1.165, 1.54) is 19.3 Å². The summed E-state index contributed by atoms with van der Waals surface area (Å²) in [5.74, 6) is -0.315. The lowest BCUT2D eigenvalue weighted by Gasteiger charge is -2.25. The average Bonchev–Trinajstić information content (AvgIpc) is 2.68. The molecule has 2 aromatic rings. The topological polar surface area (TPSA) is 51.3 Å². The van der Waals surface area contributed by atoms with E-state index in [2.05, 4.69) is 9.88 Å². The second-order valence-corrected chi connectivity index (χ2v) is 4.44. The first-order valence-electron chi connectivity index (χ1n) is 6.01. The normalized spacial score (nSPS) is 17.6. The summed E-state index contributed by atoms with van der Waals surface area (Å²) in [5, 5.41) is 0. The molecule has 17 heavy (non-hydrogen) atoms. The van der Waals surface area contributed by atoms with Gasteiger partial charge in [0.15, 0.2) is 11.2 Å². The van der Waals surface area contributed by atoms with Crippen molar-refractivity contribution < 1.29 is 4.42 Å². The van der Waals surface area contributed by atoms with Crippen molar-refractivity contribution in [3.8, 4) is 0 Å². The molecule has 0 atom stereocenters. The lowest BCUT2D eigenvalue weighted by atomic mass is 10.1. The molecule has 1 fully saturated rings. The molecule has 90 valence electrons.